The average molecular weight is 313 g/mol. The van der Waals surface area contributed by atoms with Gasteiger partial charge in [-0.25, -0.2) is 5.43 Å². The second-order valence-corrected chi connectivity index (χ2v) is 6.51. The molecule has 0 aliphatic carbocycles. The summed E-state index contributed by atoms with van der Waals surface area (Å²) in [5.41, 5.74) is 3.59. The first kappa shape index (κ1) is 15.1. The summed E-state index contributed by atoms with van der Waals surface area (Å²) in [4.78, 5) is 14.0. The molecule has 5 heteroatoms. The molecule has 0 spiro atoms. The van der Waals surface area contributed by atoms with Crippen molar-refractivity contribution in [3.8, 4) is 0 Å². The van der Waals surface area contributed by atoms with Crippen LogP contribution >= 0.6 is 11.8 Å². The zero-order valence-electron chi connectivity index (χ0n) is 12.4. The van der Waals surface area contributed by atoms with Crippen LogP contribution in [0.15, 0.2) is 47.6 Å². The van der Waals surface area contributed by atoms with Crippen molar-refractivity contribution in [2.45, 2.75) is 0 Å². The highest BCUT2D eigenvalue weighted by molar-refractivity contribution is 7.99. The van der Waals surface area contributed by atoms with Gasteiger partial charge in [0.15, 0.2) is 0 Å². The second-order valence-electron chi connectivity index (χ2n) is 5.29. The zero-order valence-corrected chi connectivity index (χ0v) is 13.2. The van der Waals surface area contributed by atoms with E-state index < -0.39 is 0 Å². The van der Waals surface area contributed by atoms with E-state index in [0.717, 1.165) is 30.2 Å². The molecule has 0 radical (unpaired) electrons. The molecule has 1 heterocycles. The van der Waals surface area contributed by atoms with Crippen LogP contribution in [0.1, 0.15) is 5.56 Å². The molecule has 22 heavy (non-hydrogen) atoms. The Labute approximate surface area is 134 Å². The van der Waals surface area contributed by atoms with Crippen LogP contribution in [0.25, 0.3) is 10.8 Å². The van der Waals surface area contributed by atoms with Gasteiger partial charge in [0.25, 0.3) is 5.91 Å². The van der Waals surface area contributed by atoms with Crippen molar-refractivity contribution in [1.82, 2.24) is 10.3 Å². The van der Waals surface area contributed by atoms with Crippen LogP contribution < -0.4 is 5.43 Å². The zero-order chi connectivity index (χ0) is 15.2. The molecule has 0 aromatic heterocycles. The lowest BCUT2D eigenvalue weighted by molar-refractivity contribution is -0.122. The Kier molecular flexibility index (Phi) is 5.08. The molecule has 1 amide bonds. The quantitative estimate of drug-likeness (QED) is 0.696. The third-order valence-electron chi connectivity index (χ3n) is 3.65. The molecule has 3 rings (SSSR count). The Morgan fingerprint density at radius 3 is 2.77 bits per heavy atom. The predicted octanol–water partition coefficient (Wildman–Crippen LogP) is 2.34. The third kappa shape index (κ3) is 4.08. The summed E-state index contributed by atoms with van der Waals surface area (Å²) in [5, 5.41) is 6.43. The molecule has 1 saturated heterocycles. The van der Waals surface area contributed by atoms with Gasteiger partial charge in [0.1, 0.15) is 0 Å². The Hall–Kier alpha value is -1.85. The van der Waals surface area contributed by atoms with Crippen LogP contribution in [0.5, 0.6) is 0 Å². The Balaban J connectivity index is 1.55. The maximum Gasteiger partial charge on any atom is 0.254 e. The van der Waals surface area contributed by atoms with Crippen LogP contribution in [0.4, 0.5) is 0 Å². The molecule has 1 fully saturated rings. The average Bonchev–Trinajstić information content (AvgIpc) is 2.55. The summed E-state index contributed by atoms with van der Waals surface area (Å²) in [6.07, 6.45) is 1.69. The number of carbonyl (C=O) groups is 1. The summed E-state index contributed by atoms with van der Waals surface area (Å²) in [5.74, 6) is 2.16. The van der Waals surface area contributed by atoms with E-state index in [1.807, 2.05) is 30.0 Å². The van der Waals surface area contributed by atoms with E-state index in [1.165, 1.54) is 10.8 Å². The monoisotopic (exact) mass is 313 g/mol. The van der Waals surface area contributed by atoms with Gasteiger partial charge >= 0.3 is 0 Å². The van der Waals surface area contributed by atoms with Crippen molar-refractivity contribution in [2.24, 2.45) is 5.10 Å². The van der Waals surface area contributed by atoms with Crippen LogP contribution in [0.2, 0.25) is 0 Å². The minimum absolute atomic E-state index is 0.0519. The maximum absolute atomic E-state index is 11.8. The predicted molar refractivity (Wildman–Crippen MR) is 93.4 cm³/mol. The van der Waals surface area contributed by atoms with Gasteiger partial charge in [-0.3, -0.25) is 9.69 Å². The number of hydrogen-bond donors (Lipinski definition) is 1. The number of nitrogens with zero attached hydrogens (tertiary/aromatic N) is 2. The molecule has 1 aliphatic rings. The van der Waals surface area contributed by atoms with Crippen LogP contribution in [0, 0.1) is 0 Å². The minimum atomic E-state index is -0.0519. The molecule has 0 unspecified atom stereocenters. The number of nitrogens with one attached hydrogen (secondary N) is 1. The van der Waals surface area contributed by atoms with E-state index in [4.69, 9.17) is 0 Å². The largest absolute Gasteiger partial charge is 0.293 e. The summed E-state index contributed by atoms with van der Waals surface area (Å²) < 4.78 is 0. The van der Waals surface area contributed by atoms with Crippen LogP contribution in [-0.2, 0) is 4.79 Å². The molecular weight excluding hydrogens is 294 g/mol. The van der Waals surface area contributed by atoms with Gasteiger partial charge < -0.3 is 0 Å². The van der Waals surface area contributed by atoms with Crippen LogP contribution in [-0.4, -0.2) is 48.2 Å². The highest BCUT2D eigenvalue weighted by Gasteiger charge is 2.13. The van der Waals surface area contributed by atoms with Gasteiger partial charge in [-0.05, 0) is 22.4 Å². The van der Waals surface area contributed by atoms with Crippen molar-refractivity contribution < 1.29 is 4.79 Å². The van der Waals surface area contributed by atoms with Gasteiger partial charge in [0.05, 0.1) is 12.8 Å². The molecule has 0 bridgehead atoms. The fraction of sp³-hybridized carbons (Fsp3) is 0.294. The minimum Gasteiger partial charge on any atom is -0.293 e. The fourth-order valence-corrected chi connectivity index (χ4v) is 3.44. The Morgan fingerprint density at radius 2 is 1.95 bits per heavy atom. The molecule has 2 aromatic rings. The number of rotatable bonds is 4. The van der Waals surface area contributed by atoms with Crippen molar-refractivity contribution in [3.63, 3.8) is 0 Å². The first-order valence-electron chi connectivity index (χ1n) is 7.42. The summed E-state index contributed by atoms with van der Waals surface area (Å²) in [7, 11) is 0. The topological polar surface area (TPSA) is 44.7 Å². The lowest BCUT2D eigenvalue weighted by Crippen LogP contribution is -2.40. The van der Waals surface area contributed by atoms with E-state index in [1.54, 1.807) is 6.21 Å². The highest BCUT2D eigenvalue weighted by Crippen LogP contribution is 2.14. The normalized spacial score (nSPS) is 16.2. The molecule has 2 aromatic carbocycles. The third-order valence-corrected chi connectivity index (χ3v) is 4.59. The van der Waals surface area contributed by atoms with Gasteiger partial charge in [-0.2, -0.15) is 16.9 Å². The summed E-state index contributed by atoms with van der Waals surface area (Å²) >= 11 is 1.94. The van der Waals surface area contributed by atoms with E-state index in [9.17, 15) is 4.79 Å². The number of hydrazone groups is 1. The maximum atomic E-state index is 11.8. The van der Waals surface area contributed by atoms with E-state index in [-0.39, 0.29) is 5.91 Å². The van der Waals surface area contributed by atoms with Crippen molar-refractivity contribution in [1.29, 1.82) is 0 Å². The number of hydrogen-bond acceptors (Lipinski definition) is 4. The summed E-state index contributed by atoms with van der Waals surface area (Å²) in [6.45, 7) is 2.38. The number of carbonyl (C=O) groups excluding carboxylic acids is 1. The SMILES string of the molecule is O=C(CN1CCSCC1)NN=Cc1ccc2ccccc2c1. The fourth-order valence-electron chi connectivity index (χ4n) is 2.46. The van der Waals surface area contributed by atoms with E-state index in [0.29, 0.717) is 6.54 Å². The second kappa shape index (κ2) is 7.42. The smallest absolute Gasteiger partial charge is 0.254 e. The molecule has 114 valence electrons. The van der Waals surface area contributed by atoms with Gasteiger partial charge in [0.2, 0.25) is 0 Å². The Morgan fingerprint density at radius 1 is 1.18 bits per heavy atom. The number of amides is 1. The van der Waals surface area contributed by atoms with Gasteiger partial charge in [-0.15, -0.1) is 0 Å². The molecule has 4 nitrogen and oxygen atoms in total. The first-order chi connectivity index (χ1) is 10.8. The van der Waals surface area contributed by atoms with E-state index in [2.05, 4.69) is 39.7 Å². The standard InChI is InChI=1S/C17H19N3OS/c21-17(13-20-7-9-22-10-8-20)19-18-12-14-5-6-15-3-1-2-4-16(15)11-14/h1-6,11-12H,7-10,13H2,(H,19,21). The Bertz CT molecular complexity index is 680. The lowest BCUT2D eigenvalue weighted by atomic mass is 10.1. The molecular formula is C17H19N3OS. The number of fused-ring (bicyclic) bond motifs is 1. The van der Waals surface area contributed by atoms with Crippen molar-refractivity contribution in [2.75, 3.05) is 31.1 Å². The molecule has 1 aliphatic heterocycles. The lowest BCUT2D eigenvalue weighted by Gasteiger charge is -2.24. The van der Waals surface area contributed by atoms with Gasteiger partial charge in [0, 0.05) is 24.6 Å². The van der Waals surface area contributed by atoms with E-state index >= 15 is 0 Å². The molecule has 0 saturated carbocycles. The molecule has 0 atom stereocenters. The highest BCUT2D eigenvalue weighted by atomic mass is 32.2. The first-order valence-corrected chi connectivity index (χ1v) is 8.57. The van der Waals surface area contributed by atoms with Gasteiger partial charge in [-0.1, -0.05) is 36.4 Å². The number of benzene rings is 2. The van der Waals surface area contributed by atoms with Crippen molar-refractivity contribution in [3.05, 3.63) is 48.0 Å². The summed E-state index contributed by atoms with van der Waals surface area (Å²) in [6, 6.07) is 14.3. The van der Waals surface area contributed by atoms with Crippen LogP contribution in [0.3, 0.4) is 0 Å². The number of thioether (sulfide) groups is 1. The molecule has 1 N–H and O–H groups in total. The van der Waals surface area contributed by atoms with Crippen molar-refractivity contribution >= 4 is 34.7 Å².